The lowest BCUT2D eigenvalue weighted by Crippen LogP contribution is -2.12. The molecule has 0 amide bonds. The quantitative estimate of drug-likeness (QED) is 0.524. The Morgan fingerprint density at radius 2 is 2.00 bits per heavy atom. The summed E-state index contributed by atoms with van der Waals surface area (Å²) in [5.74, 6) is 0. The van der Waals surface area contributed by atoms with Gasteiger partial charge in [0.1, 0.15) is 6.61 Å². The maximum atomic E-state index is 10.2. The van der Waals surface area contributed by atoms with Crippen LogP contribution in [0.25, 0.3) is 0 Å². The van der Waals surface area contributed by atoms with E-state index in [2.05, 4.69) is 6.92 Å². The Morgan fingerprint density at radius 1 is 1.27 bits per heavy atom. The first-order valence-corrected chi connectivity index (χ1v) is 4.51. The molecule has 0 bridgehead atoms. The Kier molecular flexibility index (Phi) is 7.96. The molecule has 1 radical (unpaired) electrons. The van der Waals surface area contributed by atoms with E-state index in [4.69, 9.17) is 4.74 Å². The lowest BCUT2D eigenvalue weighted by Gasteiger charge is -2.07. The predicted octanol–water partition coefficient (Wildman–Crippen LogP) is 2.40. The Morgan fingerprint density at radius 3 is 2.55 bits per heavy atom. The van der Waals surface area contributed by atoms with E-state index >= 15 is 0 Å². The lowest BCUT2D eigenvalue weighted by molar-refractivity contribution is 0.000811. The normalized spacial score (nSPS) is 13.4. The minimum atomic E-state index is -0.117. The van der Waals surface area contributed by atoms with E-state index in [0.29, 0.717) is 0 Å². The van der Waals surface area contributed by atoms with Gasteiger partial charge in [-0.05, 0) is 13.3 Å². The van der Waals surface area contributed by atoms with Gasteiger partial charge in [0.05, 0.1) is 6.10 Å². The molecular weight excluding hydrogens is 140 g/mol. The zero-order chi connectivity index (χ0) is 8.53. The summed E-state index contributed by atoms with van der Waals surface area (Å²) in [4.78, 5) is 0. The summed E-state index contributed by atoms with van der Waals surface area (Å²) in [7, 11) is 0. The van der Waals surface area contributed by atoms with Gasteiger partial charge >= 0.3 is 0 Å². The molecule has 0 aromatic rings. The van der Waals surface area contributed by atoms with E-state index < -0.39 is 0 Å². The molecule has 11 heavy (non-hydrogen) atoms. The van der Waals surface area contributed by atoms with Gasteiger partial charge in [0.15, 0.2) is 0 Å². The van der Waals surface area contributed by atoms with Crippen LogP contribution in [0.5, 0.6) is 0 Å². The van der Waals surface area contributed by atoms with Gasteiger partial charge in [0.2, 0.25) is 0 Å². The molecule has 0 saturated heterocycles. The molecule has 0 aliphatic heterocycles. The summed E-state index contributed by atoms with van der Waals surface area (Å²) < 4.78 is 5.23. The van der Waals surface area contributed by atoms with Gasteiger partial charge in [-0.2, -0.15) is 0 Å². The number of hydrogen-bond donors (Lipinski definition) is 0. The first kappa shape index (κ1) is 10.9. The first-order valence-electron chi connectivity index (χ1n) is 4.51. The van der Waals surface area contributed by atoms with Crippen LogP contribution in [0.2, 0.25) is 0 Å². The molecule has 2 heteroatoms. The summed E-state index contributed by atoms with van der Waals surface area (Å²) in [5, 5.41) is 10.2. The smallest absolute Gasteiger partial charge is 0.108 e. The van der Waals surface area contributed by atoms with Crippen LogP contribution in [-0.4, -0.2) is 19.3 Å². The molecule has 0 rings (SSSR count). The van der Waals surface area contributed by atoms with Gasteiger partial charge in [-0.25, -0.2) is 5.11 Å². The molecule has 67 valence electrons. The second-order valence-electron chi connectivity index (χ2n) is 2.91. The third-order valence-corrected chi connectivity index (χ3v) is 1.63. The van der Waals surface area contributed by atoms with Crippen molar-refractivity contribution in [1.29, 1.82) is 0 Å². The number of unbranched alkanes of at least 4 members (excludes halogenated alkanes) is 3. The van der Waals surface area contributed by atoms with E-state index in [0.717, 1.165) is 13.0 Å². The largest absolute Gasteiger partial charge is 0.376 e. The third-order valence-electron chi connectivity index (χ3n) is 1.63. The molecule has 0 aromatic heterocycles. The van der Waals surface area contributed by atoms with Gasteiger partial charge in [-0.15, -0.1) is 0 Å². The van der Waals surface area contributed by atoms with Crippen LogP contribution in [-0.2, 0) is 9.84 Å². The SMILES string of the molecule is CCCCCCOC(C)C[O]. The average Bonchev–Trinajstić information content (AvgIpc) is 2.04. The van der Waals surface area contributed by atoms with Crippen molar-refractivity contribution in [2.75, 3.05) is 13.2 Å². The lowest BCUT2D eigenvalue weighted by atomic mass is 10.2. The van der Waals surface area contributed by atoms with Crippen molar-refractivity contribution < 1.29 is 9.84 Å². The molecule has 2 nitrogen and oxygen atoms in total. The summed E-state index contributed by atoms with van der Waals surface area (Å²) in [6.45, 7) is 4.64. The minimum absolute atomic E-state index is 0.100. The molecule has 0 N–H and O–H groups in total. The Balaban J connectivity index is 2.89. The van der Waals surface area contributed by atoms with Crippen LogP contribution >= 0.6 is 0 Å². The molecule has 0 heterocycles. The Labute approximate surface area is 69.6 Å². The molecule has 0 aromatic carbocycles. The topological polar surface area (TPSA) is 29.1 Å². The highest BCUT2D eigenvalue weighted by molar-refractivity contribution is 4.45. The summed E-state index contributed by atoms with van der Waals surface area (Å²) >= 11 is 0. The molecule has 0 saturated carbocycles. The second-order valence-corrected chi connectivity index (χ2v) is 2.91. The van der Waals surface area contributed by atoms with Crippen molar-refractivity contribution in [3.05, 3.63) is 0 Å². The molecule has 0 aliphatic rings. The van der Waals surface area contributed by atoms with E-state index in [-0.39, 0.29) is 12.7 Å². The molecule has 0 aliphatic carbocycles. The predicted molar refractivity (Wildman–Crippen MR) is 45.1 cm³/mol. The fourth-order valence-corrected chi connectivity index (χ4v) is 0.861. The van der Waals surface area contributed by atoms with Crippen LogP contribution < -0.4 is 0 Å². The highest BCUT2D eigenvalue weighted by Crippen LogP contribution is 2.00. The van der Waals surface area contributed by atoms with Crippen molar-refractivity contribution >= 4 is 0 Å². The van der Waals surface area contributed by atoms with Gasteiger partial charge < -0.3 is 4.74 Å². The summed E-state index contributed by atoms with van der Waals surface area (Å²) in [6, 6.07) is 0. The summed E-state index contributed by atoms with van der Waals surface area (Å²) in [6.07, 6.45) is 4.74. The second kappa shape index (κ2) is 8.02. The van der Waals surface area contributed by atoms with Crippen molar-refractivity contribution in [3.63, 3.8) is 0 Å². The molecule has 0 fully saturated rings. The fraction of sp³-hybridized carbons (Fsp3) is 1.00. The van der Waals surface area contributed by atoms with E-state index in [1.54, 1.807) is 0 Å². The first-order chi connectivity index (χ1) is 5.31. The Bertz CT molecular complexity index is 74.0. The minimum Gasteiger partial charge on any atom is -0.376 e. The van der Waals surface area contributed by atoms with Gasteiger partial charge in [0.25, 0.3) is 0 Å². The number of rotatable bonds is 7. The molecule has 0 spiro atoms. The van der Waals surface area contributed by atoms with Crippen LogP contribution in [0.3, 0.4) is 0 Å². The van der Waals surface area contributed by atoms with Crippen LogP contribution in [0.4, 0.5) is 0 Å². The number of hydrogen-bond acceptors (Lipinski definition) is 1. The zero-order valence-corrected chi connectivity index (χ0v) is 7.64. The summed E-state index contributed by atoms with van der Waals surface area (Å²) in [5.41, 5.74) is 0. The maximum Gasteiger partial charge on any atom is 0.108 e. The highest BCUT2D eigenvalue weighted by atomic mass is 16.5. The van der Waals surface area contributed by atoms with E-state index in [1.165, 1.54) is 19.3 Å². The third kappa shape index (κ3) is 7.82. The average molecular weight is 159 g/mol. The maximum absolute atomic E-state index is 10.2. The van der Waals surface area contributed by atoms with Crippen LogP contribution in [0.1, 0.15) is 39.5 Å². The van der Waals surface area contributed by atoms with Crippen LogP contribution in [0, 0.1) is 0 Å². The standard InChI is InChI=1S/C9H19O2/c1-3-4-5-6-7-11-9(2)8-10/h9H,3-8H2,1-2H3. The number of ether oxygens (including phenoxy) is 1. The fourth-order valence-electron chi connectivity index (χ4n) is 0.861. The van der Waals surface area contributed by atoms with Crippen molar-refractivity contribution in [1.82, 2.24) is 0 Å². The zero-order valence-electron chi connectivity index (χ0n) is 7.64. The van der Waals surface area contributed by atoms with Crippen molar-refractivity contribution in [2.45, 2.75) is 45.6 Å². The van der Waals surface area contributed by atoms with E-state index in [1.807, 2.05) is 6.92 Å². The molecular formula is C9H19O2. The Hall–Kier alpha value is -0.0800. The van der Waals surface area contributed by atoms with E-state index in [9.17, 15) is 5.11 Å². The van der Waals surface area contributed by atoms with Crippen molar-refractivity contribution in [3.8, 4) is 0 Å². The van der Waals surface area contributed by atoms with Crippen molar-refractivity contribution in [2.24, 2.45) is 0 Å². The molecule has 1 unspecified atom stereocenters. The molecule has 1 atom stereocenters. The highest BCUT2D eigenvalue weighted by Gasteiger charge is 1.98. The van der Waals surface area contributed by atoms with Gasteiger partial charge in [-0.3, -0.25) is 0 Å². The monoisotopic (exact) mass is 159 g/mol. The van der Waals surface area contributed by atoms with Crippen LogP contribution in [0.15, 0.2) is 0 Å². The van der Waals surface area contributed by atoms with Gasteiger partial charge in [0, 0.05) is 6.61 Å². The van der Waals surface area contributed by atoms with Gasteiger partial charge in [-0.1, -0.05) is 26.2 Å².